The van der Waals surface area contributed by atoms with Crippen molar-refractivity contribution in [2.45, 2.75) is 32.4 Å². The molecular formula is C14H16N2O3. The van der Waals surface area contributed by atoms with Crippen LogP contribution < -0.4 is 5.32 Å². The molecule has 2 rings (SSSR count). The number of nitrogens with zero attached hydrogens (tertiary/aromatic N) is 1. The second kappa shape index (κ2) is 5.65. The molecule has 100 valence electrons. The van der Waals surface area contributed by atoms with Crippen LogP contribution in [0.3, 0.4) is 0 Å². The maximum Gasteiger partial charge on any atom is 0.243 e. The SMILES string of the molecule is [2H]c1c([2H])c([2H])c(CNC(=O)[C@@H](C)N2C(=O)CCC2=O)c([2H])c1[2H]. The van der Waals surface area contributed by atoms with Crippen LogP contribution in [0.1, 0.15) is 32.2 Å². The summed E-state index contributed by atoms with van der Waals surface area (Å²) in [6.07, 6.45) is 0.138. The van der Waals surface area contributed by atoms with Crippen molar-refractivity contribution < 1.29 is 21.2 Å². The van der Waals surface area contributed by atoms with E-state index < -0.39 is 54.0 Å². The fourth-order valence-electron chi connectivity index (χ4n) is 1.83. The van der Waals surface area contributed by atoms with Gasteiger partial charge in [-0.3, -0.25) is 19.3 Å². The smallest absolute Gasteiger partial charge is 0.243 e. The molecule has 1 aromatic carbocycles. The predicted octanol–water partition coefficient (Wildman–Crippen LogP) is 0.840. The number of rotatable bonds is 4. The van der Waals surface area contributed by atoms with Gasteiger partial charge in [0, 0.05) is 19.4 Å². The lowest BCUT2D eigenvalue weighted by atomic mass is 10.2. The lowest BCUT2D eigenvalue weighted by molar-refractivity contribution is -0.146. The van der Waals surface area contributed by atoms with E-state index in [4.69, 9.17) is 6.85 Å². The monoisotopic (exact) mass is 265 g/mol. The maximum absolute atomic E-state index is 12.1. The summed E-state index contributed by atoms with van der Waals surface area (Å²) in [5.74, 6) is -1.48. The number of hydrogen-bond donors (Lipinski definition) is 1. The molecule has 5 heteroatoms. The van der Waals surface area contributed by atoms with Crippen LogP contribution in [0.4, 0.5) is 0 Å². The highest BCUT2D eigenvalue weighted by atomic mass is 16.2. The zero-order chi connectivity index (χ0) is 18.2. The van der Waals surface area contributed by atoms with Crippen molar-refractivity contribution in [2.24, 2.45) is 0 Å². The van der Waals surface area contributed by atoms with Crippen LogP contribution in [0, 0.1) is 0 Å². The lowest BCUT2D eigenvalue weighted by Crippen LogP contribution is -2.47. The van der Waals surface area contributed by atoms with Crippen molar-refractivity contribution in [2.75, 3.05) is 0 Å². The topological polar surface area (TPSA) is 66.5 Å². The number of benzene rings is 1. The Bertz CT molecular complexity index is 693. The number of imide groups is 1. The third kappa shape index (κ3) is 2.99. The van der Waals surface area contributed by atoms with Gasteiger partial charge in [-0.1, -0.05) is 30.2 Å². The second-order valence-electron chi connectivity index (χ2n) is 4.15. The van der Waals surface area contributed by atoms with Crippen LogP contribution in [-0.4, -0.2) is 28.7 Å². The highest BCUT2D eigenvalue weighted by Crippen LogP contribution is 2.15. The van der Waals surface area contributed by atoms with Gasteiger partial charge in [-0.2, -0.15) is 0 Å². The van der Waals surface area contributed by atoms with Gasteiger partial charge in [-0.25, -0.2) is 0 Å². The van der Waals surface area contributed by atoms with E-state index in [2.05, 4.69) is 5.32 Å². The minimum atomic E-state index is -1.02. The fraction of sp³-hybridized carbons (Fsp3) is 0.357. The molecule has 1 aliphatic rings. The molecule has 1 aromatic rings. The van der Waals surface area contributed by atoms with Gasteiger partial charge in [0.05, 0.1) is 6.85 Å². The molecule has 0 aromatic heterocycles. The van der Waals surface area contributed by atoms with Gasteiger partial charge in [0.25, 0.3) is 0 Å². The first-order chi connectivity index (χ1) is 11.2. The molecule has 0 aliphatic carbocycles. The lowest BCUT2D eigenvalue weighted by Gasteiger charge is -2.21. The third-order valence-corrected chi connectivity index (χ3v) is 2.85. The third-order valence-electron chi connectivity index (χ3n) is 2.85. The van der Waals surface area contributed by atoms with Crippen LogP contribution in [-0.2, 0) is 20.9 Å². The second-order valence-corrected chi connectivity index (χ2v) is 4.15. The van der Waals surface area contributed by atoms with Gasteiger partial charge in [0.2, 0.25) is 17.7 Å². The van der Waals surface area contributed by atoms with Crippen molar-refractivity contribution in [1.29, 1.82) is 0 Å². The van der Waals surface area contributed by atoms with E-state index in [1.54, 1.807) is 0 Å². The first-order valence-corrected chi connectivity index (χ1v) is 5.85. The standard InChI is InChI=1S/C14H16N2O3/c1-10(16-12(17)7-8-13(16)18)14(19)15-9-11-5-3-2-4-6-11/h2-6,10H,7-9H2,1H3,(H,15,19)/t10-/m1/s1/i2D,3D,4D,5D,6D. The molecule has 0 spiro atoms. The Hall–Kier alpha value is -2.17. The Kier molecular flexibility index (Phi) is 2.40. The number of carbonyl (C=O) groups is 3. The molecule has 0 saturated carbocycles. The van der Waals surface area contributed by atoms with Crippen molar-refractivity contribution in [3.63, 3.8) is 0 Å². The van der Waals surface area contributed by atoms with Gasteiger partial charge in [-0.05, 0) is 12.5 Å². The number of nitrogens with one attached hydrogen (secondary N) is 1. The minimum Gasteiger partial charge on any atom is -0.350 e. The molecule has 1 saturated heterocycles. The van der Waals surface area contributed by atoms with E-state index in [9.17, 15) is 14.4 Å². The van der Waals surface area contributed by atoms with Crippen LogP contribution in [0.25, 0.3) is 0 Å². The zero-order valence-corrected chi connectivity index (χ0v) is 10.4. The molecule has 1 heterocycles. The van der Waals surface area contributed by atoms with E-state index in [0.717, 1.165) is 4.90 Å². The largest absolute Gasteiger partial charge is 0.350 e. The average molecular weight is 265 g/mol. The van der Waals surface area contributed by atoms with Gasteiger partial charge < -0.3 is 5.32 Å². The molecule has 1 atom stereocenters. The Morgan fingerprint density at radius 2 is 1.89 bits per heavy atom. The minimum absolute atomic E-state index is 0.0550. The van der Waals surface area contributed by atoms with Crippen molar-refractivity contribution in [1.82, 2.24) is 10.2 Å². The number of carbonyl (C=O) groups excluding carboxylic acids is 3. The maximum atomic E-state index is 12.1. The van der Waals surface area contributed by atoms with Crippen molar-refractivity contribution in [3.8, 4) is 0 Å². The summed E-state index contributed by atoms with van der Waals surface area (Å²) >= 11 is 0. The summed E-state index contributed by atoms with van der Waals surface area (Å²) in [5, 5.41) is 2.42. The quantitative estimate of drug-likeness (QED) is 0.820. The Labute approximate surface area is 118 Å². The van der Waals surface area contributed by atoms with E-state index in [1.807, 2.05) is 0 Å². The number of hydrogen-bond acceptors (Lipinski definition) is 3. The van der Waals surface area contributed by atoms with Crippen molar-refractivity contribution in [3.05, 3.63) is 35.8 Å². The molecular weight excluding hydrogens is 244 g/mol. The Morgan fingerprint density at radius 1 is 1.32 bits per heavy atom. The molecule has 5 nitrogen and oxygen atoms in total. The van der Waals surface area contributed by atoms with E-state index in [1.165, 1.54) is 6.92 Å². The number of amides is 3. The van der Waals surface area contributed by atoms with Gasteiger partial charge >= 0.3 is 0 Å². The summed E-state index contributed by atoms with van der Waals surface area (Å²) < 4.78 is 38.2. The predicted molar refractivity (Wildman–Crippen MR) is 68.8 cm³/mol. The molecule has 1 fully saturated rings. The van der Waals surface area contributed by atoms with Crippen LogP contribution in [0.15, 0.2) is 30.2 Å². The Balaban J connectivity index is 2.15. The van der Waals surface area contributed by atoms with E-state index in [0.29, 0.717) is 0 Å². The summed E-state index contributed by atoms with van der Waals surface area (Å²) in [5.41, 5.74) is -0.0550. The average Bonchev–Trinajstić information content (AvgIpc) is 2.88. The highest BCUT2D eigenvalue weighted by Gasteiger charge is 2.35. The summed E-state index contributed by atoms with van der Waals surface area (Å²) in [4.78, 5) is 36.3. The Morgan fingerprint density at radius 3 is 2.47 bits per heavy atom. The first-order valence-electron chi connectivity index (χ1n) is 8.35. The molecule has 1 aliphatic heterocycles. The molecule has 3 amide bonds. The van der Waals surface area contributed by atoms with Crippen LogP contribution in [0.2, 0.25) is 0 Å². The van der Waals surface area contributed by atoms with Crippen molar-refractivity contribution >= 4 is 17.7 Å². The molecule has 0 unspecified atom stereocenters. The molecule has 0 radical (unpaired) electrons. The van der Waals surface area contributed by atoms with Crippen LogP contribution in [0.5, 0.6) is 0 Å². The fourth-order valence-corrected chi connectivity index (χ4v) is 1.83. The van der Waals surface area contributed by atoms with Gasteiger partial charge in [0.15, 0.2) is 0 Å². The van der Waals surface area contributed by atoms with Gasteiger partial charge in [0.1, 0.15) is 6.04 Å². The van der Waals surface area contributed by atoms with E-state index in [-0.39, 0.29) is 24.9 Å². The zero-order valence-electron chi connectivity index (χ0n) is 15.4. The summed E-state index contributed by atoms with van der Waals surface area (Å²) in [6.45, 7) is 1.10. The molecule has 19 heavy (non-hydrogen) atoms. The molecule has 1 N–H and O–H groups in total. The summed E-state index contributed by atoms with van der Waals surface area (Å²) in [6, 6.07) is -3.31. The first kappa shape index (κ1) is 8.09. The van der Waals surface area contributed by atoms with Crippen LogP contribution >= 0.6 is 0 Å². The van der Waals surface area contributed by atoms with Gasteiger partial charge in [-0.15, -0.1) is 0 Å². The normalized spacial score (nSPS) is 20.3. The molecule has 0 bridgehead atoms. The highest BCUT2D eigenvalue weighted by molar-refractivity contribution is 6.05. The summed E-state index contributed by atoms with van der Waals surface area (Å²) in [7, 11) is 0. The van der Waals surface area contributed by atoms with E-state index >= 15 is 0 Å². The number of likely N-dealkylation sites (tertiary alicyclic amines) is 1.